The number of unbranched alkanes of at least 4 members (excludes halogenated alkanes) is 20. The van der Waals surface area contributed by atoms with E-state index in [0.717, 1.165) is 17.5 Å². The molecule has 0 atom stereocenters. The third kappa shape index (κ3) is 30.3. The summed E-state index contributed by atoms with van der Waals surface area (Å²) in [5.74, 6) is -0.607. The summed E-state index contributed by atoms with van der Waals surface area (Å²) in [6.45, 7) is 9.01. The van der Waals surface area contributed by atoms with Crippen molar-refractivity contribution < 1.29 is 15.6 Å². The van der Waals surface area contributed by atoms with Crippen LogP contribution in [0.25, 0.3) is 0 Å². The van der Waals surface area contributed by atoms with Crippen molar-refractivity contribution in [1.82, 2.24) is 0 Å². The van der Waals surface area contributed by atoms with Crippen molar-refractivity contribution in [3.8, 4) is 0 Å². The summed E-state index contributed by atoms with van der Waals surface area (Å²) >= 11 is -4.19. The molecule has 248 valence electrons. The quantitative estimate of drug-likeness (QED) is 0.0386. The molecule has 0 saturated carbocycles. The summed E-state index contributed by atoms with van der Waals surface area (Å²) in [6, 6.07) is 0. The average Bonchev–Trinajstić information content (AvgIpc) is 2.98. The minimum atomic E-state index is -2.10. The first-order chi connectivity index (χ1) is 20.6. The summed E-state index contributed by atoms with van der Waals surface area (Å²) in [7, 11) is 0. The van der Waals surface area contributed by atoms with E-state index in [9.17, 15) is 9.59 Å². The van der Waals surface area contributed by atoms with E-state index in [2.05, 4.69) is 27.7 Å². The van der Waals surface area contributed by atoms with Gasteiger partial charge in [-0.2, -0.15) is 0 Å². The molecule has 0 amide bonds. The van der Waals surface area contributed by atoms with Crippen LogP contribution in [-0.2, 0) is 15.6 Å². The van der Waals surface area contributed by atoms with Crippen molar-refractivity contribution in [1.29, 1.82) is 0 Å². The molecule has 42 heavy (non-hydrogen) atoms. The third-order valence-electron chi connectivity index (χ3n) is 7.84. The van der Waals surface area contributed by atoms with Crippen LogP contribution >= 0.6 is 0 Å². The van der Waals surface area contributed by atoms with E-state index >= 15 is 0 Å². The molecule has 0 aromatic rings. The SMILES string of the molecule is CCCCCCC[CH2][Sb]([CH2]CCCCCCC)[O]C(=O)/C=C\C(=O)[O][Sb]([CH2]CCCCCCC)[CH2]CCCCCCC. The molecule has 0 aliphatic carbocycles. The van der Waals surface area contributed by atoms with Gasteiger partial charge in [0.05, 0.1) is 0 Å². The summed E-state index contributed by atoms with van der Waals surface area (Å²) in [4.78, 5) is 25.5. The van der Waals surface area contributed by atoms with Crippen molar-refractivity contribution in [2.75, 3.05) is 0 Å². The monoisotopic (exact) mass is 808 g/mol. The van der Waals surface area contributed by atoms with Gasteiger partial charge in [0.25, 0.3) is 0 Å². The van der Waals surface area contributed by atoms with E-state index in [1.807, 2.05) is 0 Å². The van der Waals surface area contributed by atoms with Crippen LogP contribution in [0.15, 0.2) is 12.2 Å². The van der Waals surface area contributed by atoms with Crippen molar-refractivity contribution in [2.24, 2.45) is 0 Å². The van der Waals surface area contributed by atoms with Crippen LogP contribution in [0.3, 0.4) is 0 Å². The van der Waals surface area contributed by atoms with Crippen LogP contribution in [0.5, 0.6) is 0 Å². The summed E-state index contributed by atoms with van der Waals surface area (Å²) in [6.07, 6.45) is 33.3. The zero-order valence-electron chi connectivity index (χ0n) is 28.5. The Morgan fingerprint density at radius 2 is 0.595 bits per heavy atom. The van der Waals surface area contributed by atoms with Gasteiger partial charge in [0.2, 0.25) is 0 Å². The molecule has 0 fully saturated rings. The Bertz CT molecular complexity index is 542. The van der Waals surface area contributed by atoms with Crippen LogP contribution in [-0.4, -0.2) is 53.2 Å². The zero-order valence-corrected chi connectivity index (χ0v) is 33.6. The van der Waals surface area contributed by atoms with Crippen molar-refractivity contribution in [2.45, 2.75) is 199 Å². The second kappa shape index (κ2) is 34.2. The number of carbonyl (C=O) groups excluding carboxylic acids is 2. The molecule has 0 unspecified atom stereocenters. The summed E-state index contributed by atoms with van der Waals surface area (Å²) < 4.78 is 16.5. The van der Waals surface area contributed by atoms with Crippen molar-refractivity contribution in [3.05, 3.63) is 12.2 Å². The maximum atomic E-state index is 12.7. The molecule has 0 heterocycles. The number of carbonyl (C=O) groups is 2. The molecule has 0 spiro atoms. The van der Waals surface area contributed by atoms with Crippen LogP contribution in [0.4, 0.5) is 0 Å². The molecule has 0 aliphatic heterocycles. The number of hydrogen-bond donors (Lipinski definition) is 0. The predicted molar refractivity (Wildman–Crippen MR) is 186 cm³/mol. The predicted octanol–water partition coefficient (Wildman–Crippen LogP) is 12.1. The van der Waals surface area contributed by atoms with Gasteiger partial charge in [0.15, 0.2) is 0 Å². The molecule has 4 nitrogen and oxygen atoms in total. The van der Waals surface area contributed by atoms with Crippen LogP contribution < -0.4 is 0 Å². The van der Waals surface area contributed by atoms with Gasteiger partial charge in [0, 0.05) is 0 Å². The Kier molecular flexibility index (Phi) is 34.5. The summed E-state index contributed by atoms with van der Waals surface area (Å²) in [5, 5.41) is 0. The van der Waals surface area contributed by atoms with Gasteiger partial charge >= 0.3 is 280 Å². The van der Waals surface area contributed by atoms with Gasteiger partial charge in [-0.15, -0.1) is 0 Å². The third-order valence-corrected chi connectivity index (χ3v) is 19.6. The number of hydrogen-bond acceptors (Lipinski definition) is 4. The van der Waals surface area contributed by atoms with E-state index in [1.54, 1.807) is 0 Å². The number of rotatable bonds is 32. The van der Waals surface area contributed by atoms with Crippen LogP contribution in [0, 0.1) is 0 Å². The Hall–Kier alpha value is 0.316. The Balaban J connectivity index is 4.73. The fourth-order valence-corrected chi connectivity index (χ4v) is 15.8. The molecule has 0 N–H and O–H groups in total. The van der Waals surface area contributed by atoms with Gasteiger partial charge in [0.1, 0.15) is 0 Å². The first-order valence-corrected chi connectivity index (χ1v) is 27.5. The average molecular weight is 810 g/mol. The fourth-order valence-electron chi connectivity index (χ4n) is 5.13. The maximum absolute atomic E-state index is 12.7. The minimum absolute atomic E-state index is 0.303. The van der Waals surface area contributed by atoms with Crippen LogP contribution in [0.2, 0.25) is 17.5 Å². The second-order valence-corrected chi connectivity index (χ2v) is 23.7. The van der Waals surface area contributed by atoms with E-state index < -0.39 is 41.3 Å². The molecule has 0 bridgehead atoms. The molecular weight excluding hydrogens is 740 g/mol. The van der Waals surface area contributed by atoms with Gasteiger partial charge in [-0.25, -0.2) is 0 Å². The van der Waals surface area contributed by atoms with Crippen molar-refractivity contribution >= 4 is 53.2 Å². The van der Waals surface area contributed by atoms with E-state index in [-0.39, 0.29) is 11.9 Å². The van der Waals surface area contributed by atoms with E-state index in [0.29, 0.717) is 0 Å². The topological polar surface area (TPSA) is 52.6 Å². The van der Waals surface area contributed by atoms with Crippen molar-refractivity contribution in [3.63, 3.8) is 0 Å². The van der Waals surface area contributed by atoms with Gasteiger partial charge in [-0.1, -0.05) is 0 Å². The Labute approximate surface area is 278 Å². The molecule has 6 heteroatoms. The first-order valence-electron chi connectivity index (χ1n) is 18.2. The van der Waals surface area contributed by atoms with Gasteiger partial charge < -0.3 is 0 Å². The molecule has 0 aliphatic rings. The molecule has 0 aromatic carbocycles. The van der Waals surface area contributed by atoms with E-state index in [4.69, 9.17) is 6.03 Å². The normalized spacial score (nSPS) is 11.7. The Morgan fingerprint density at radius 1 is 0.381 bits per heavy atom. The van der Waals surface area contributed by atoms with Crippen LogP contribution in [0.1, 0.15) is 182 Å². The standard InChI is InChI=1S/4C8H17.C4H4O4.2Sb/c4*1-3-5-7-8-6-4-2;5-3(6)1-2-4(7)8;;/h4*1,3-8H2,2H3;1-2H,(H,5,6)(H,7,8);;/q;;;;;2*+1/p-2/b;;;;2-1-;;. The molecule has 0 aromatic heterocycles. The molecule has 0 radical (unpaired) electrons. The summed E-state index contributed by atoms with van der Waals surface area (Å²) in [5.41, 5.74) is 0. The van der Waals surface area contributed by atoms with E-state index in [1.165, 1.54) is 166 Å². The fraction of sp³-hybridized carbons (Fsp3) is 0.889. The first kappa shape index (κ1) is 42.3. The second-order valence-electron chi connectivity index (χ2n) is 12.1. The molecule has 0 rings (SSSR count). The Morgan fingerprint density at radius 3 is 0.833 bits per heavy atom. The van der Waals surface area contributed by atoms with Gasteiger partial charge in [-0.3, -0.25) is 0 Å². The van der Waals surface area contributed by atoms with Gasteiger partial charge in [-0.05, 0) is 0 Å². The zero-order chi connectivity index (χ0) is 30.9. The molecular formula is C36H70O4Sb2. The molecule has 0 saturated heterocycles.